The molecule has 0 saturated heterocycles. The third kappa shape index (κ3) is 4.29. The quantitative estimate of drug-likeness (QED) is 0.549. The molecule has 0 radical (unpaired) electrons. The van der Waals surface area contributed by atoms with Gasteiger partial charge in [-0.25, -0.2) is 0 Å². The SMILES string of the molecule is Cc1c(-c2ccc3c(c2O)CCO3)nnc2c1OCCN2[C@@H]1CCCC[C@H]1O[Si](C)(C)C(C)(C)C. The second-order valence-electron chi connectivity index (χ2n) is 11.7. The lowest BCUT2D eigenvalue weighted by Crippen LogP contribution is -2.55. The molecular weight excluding hydrogens is 458 g/mol. The topological polar surface area (TPSA) is 76.9 Å². The number of benzene rings is 1. The molecule has 35 heavy (non-hydrogen) atoms. The van der Waals surface area contributed by atoms with Crippen molar-refractivity contribution in [3.8, 4) is 28.5 Å². The van der Waals surface area contributed by atoms with Gasteiger partial charge in [0.05, 0.1) is 25.3 Å². The number of aromatic nitrogens is 2. The molecule has 3 aliphatic rings. The van der Waals surface area contributed by atoms with Gasteiger partial charge in [0, 0.05) is 23.1 Å². The van der Waals surface area contributed by atoms with Crippen LogP contribution >= 0.6 is 0 Å². The minimum Gasteiger partial charge on any atom is -0.507 e. The molecule has 0 unspecified atom stereocenters. The van der Waals surface area contributed by atoms with E-state index in [1.165, 1.54) is 12.8 Å². The number of anilines is 1. The Kier molecular flexibility index (Phi) is 6.24. The molecule has 1 N–H and O–H groups in total. The molecule has 0 spiro atoms. The fourth-order valence-electron chi connectivity index (χ4n) is 5.36. The second-order valence-corrected chi connectivity index (χ2v) is 16.4. The summed E-state index contributed by atoms with van der Waals surface area (Å²) in [7, 11) is -1.90. The van der Waals surface area contributed by atoms with E-state index in [9.17, 15) is 5.11 Å². The van der Waals surface area contributed by atoms with Crippen LogP contribution in [0.2, 0.25) is 18.1 Å². The minimum absolute atomic E-state index is 0.173. The van der Waals surface area contributed by atoms with Crippen LogP contribution in [0.5, 0.6) is 17.2 Å². The smallest absolute Gasteiger partial charge is 0.194 e. The summed E-state index contributed by atoms with van der Waals surface area (Å²) in [4.78, 5) is 2.38. The summed E-state index contributed by atoms with van der Waals surface area (Å²) in [5, 5.41) is 20.4. The van der Waals surface area contributed by atoms with Crippen LogP contribution in [-0.2, 0) is 10.8 Å². The number of phenols is 1. The number of aromatic hydroxyl groups is 1. The van der Waals surface area contributed by atoms with Crippen LogP contribution < -0.4 is 14.4 Å². The van der Waals surface area contributed by atoms with Gasteiger partial charge in [-0.1, -0.05) is 33.6 Å². The van der Waals surface area contributed by atoms with E-state index < -0.39 is 8.32 Å². The highest BCUT2D eigenvalue weighted by Crippen LogP contribution is 2.45. The average Bonchev–Trinajstić information content (AvgIpc) is 3.29. The van der Waals surface area contributed by atoms with E-state index in [1.807, 2.05) is 19.1 Å². The predicted octanol–water partition coefficient (Wildman–Crippen LogP) is 5.62. The van der Waals surface area contributed by atoms with Gasteiger partial charge in [-0.3, -0.25) is 0 Å². The van der Waals surface area contributed by atoms with Gasteiger partial charge < -0.3 is 23.9 Å². The Morgan fingerprint density at radius 1 is 1.09 bits per heavy atom. The molecular formula is C27H39N3O4Si. The van der Waals surface area contributed by atoms with Gasteiger partial charge in [-0.2, -0.15) is 0 Å². The summed E-state index contributed by atoms with van der Waals surface area (Å²) in [6.45, 7) is 15.6. The van der Waals surface area contributed by atoms with Crippen molar-refractivity contribution in [1.82, 2.24) is 10.2 Å². The fourth-order valence-corrected chi connectivity index (χ4v) is 6.75. The van der Waals surface area contributed by atoms with Gasteiger partial charge in [-0.15, -0.1) is 10.2 Å². The van der Waals surface area contributed by atoms with Crippen LogP contribution in [-0.4, -0.2) is 55.5 Å². The molecule has 5 rings (SSSR count). The Labute approximate surface area is 209 Å². The molecule has 0 bridgehead atoms. The first-order chi connectivity index (χ1) is 16.6. The van der Waals surface area contributed by atoms with Gasteiger partial charge in [0.1, 0.15) is 23.8 Å². The molecule has 1 aromatic heterocycles. The Balaban J connectivity index is 1.48. The van der Waals surface area contributed by atoms with E-state index in [-0.39, 0.29) is 22.9 Å². The number of hydrogen-bond acceptors (Lipinski definition) is 7. The monoisotopic (exact) mass is 497 g/mol. The molecule has 8 heteroatoms. The molecule has 2 aliphatic heterocycles. The van der Waals surface area contributed by atoms with Crippen LogP contribution in [0, 0.1) is 6.92 Å². The molecule has 1 aliphatic carbocycles. The summed E-state index contributed by atoms with van der Waals surface area (Å²) < 4.78 is 18.7. The van der Waals surface area contributed by atoms with Crippen LogP contribution in [0.25, 0.3) is 11.3 Å². The third-order valence-electron chi connectivity index (χ3n) is 8.42. The van der Waals surface area contributed by atoms with E-state index in [0.717, 1.165) is 47.8 Å². The highest BCUT2D eigenvalue weighted by Gasteiger charge is 2.43. The molecule has 2 aromatic rings. The van der Waals surface area contributed by atoms with E-state index in [4.69, 9.17) is 19.0 Å². The first-order valence-electron chi connectivity index (χ1n) is 13.0. The van der Waals surface area contributed by atoms with E-state index >= 15 is 0 Å². The van der Waals surface area contributed by atoms with Crippen LogP contribution in [0.4, 0.5) is 5.82 Å². The molecule has 2 atom stereocenters. The zero-order valence-electron chi connectivity index (χ0n) is 22.0. The van der Waals surface area contributed by atoms with Gasteiger partial charge in [-0.05, 0) is 50.0 Å². The lowest BCUT2D eigenvalue weighted by atomic mass is 9.91. The first-order valence-corrected chi connectivity index (χ1v) is 15.9. The molecule has 1 fully saturated rings. The molecule has 7 nitrogen and oxygen atoms in total. The Hall–Kier alpha value is -2.32. The highest BCUT2D eigenvalue weighted by molar-refractivity contribution is 6.74. The zero-order valence-corrected chi connectivity index (χ0v) is 23.0. The Bertz CT molecular complexity index is 1110. The van der Waals surface area contributed by atoms with E-state index in [2.05, 4.69) is 43.9 Å². The Morgan fingerprint density at radius 2 is 1.86 bits per heavy atom. The predicted molar refractivity (Wildman–Crippen MR) is 140 cm³/mol. The Morgan fingerprint density at radius 3 is 2.63 bits per heavy atom. The summed E-state index contributed by atoms with van der Waals surface area (Å²) in [5.74, 6) is 2.56. The van der Waals surface area contributed by atoms with Crippen molar-refractivity contribution in [2.24, 2.45) is 0 Å². The summed E-state index contributed by atoms with van der Waals surface area (Å²) >= 11 is 0. The maximum atomic E-state index is 10.9. The van der Waals surface area contributed by atoms with E-state index in [0.29, 0.717) is 30.9 Å². The van der Waals surface area contributed by atoms with Gasteiger partial charge >= 0.3 is 0 Å². The third-order valence-corrected chi connectivity index (χ3v) is 12.9. The summed E-state index contributed by atoms with van der Waals surface area (Å²) in [5.41, 5.74) is 3.10. The largest absolute Gasteiger partial charge is 0.507 e. The van der Waals surface area contributed by atoms with E-state index in [1.54, 1.807) is 0 Å². The number of rotatable bonds is 4. The first kappa shape index (κ1) is 24.4. The number of nitrogens with zero attached hydrogens (tertiary/aromatic N) is 3. The maximum Gasteiger partial charge on any atom is 0.194 e. The molecule has 1 saturated carbocycles. The van der Waals surface area contributed by atoms with Crippen molar-refractivity contribution in [2.45, 2.75) is 90.1 Å². The lowest BCUT2D eigenvalue weighted by Gasteiger charge is -2.47. The normalized spacial score (nSPS) is 22.3. The van der Waals surface area contributed by atoms with Crippen molar-refractivity contribution in [2.75, 3.05) is 24.7 Å². The minimum atomic E-state index is -1.90. The number of fused-ring (bicyclic) bond motifs is 2. The van der Waals surface area contributed by atoms with Crippen LogP contribution in [0.3, 0.4) is 0 Å². The molecule has 1 aromatic carbocycles. The van der Waals surface area contributed by atoms with Gasteiger partial charge in [0.2, 0.25) is 0 Å². The molecule has 3 heterocycles. The molecule has 190 valence electrons. The van der Waals surface area contributed by atoms with Crippen LogP contribution in [0.1, 0.15) is 57.6 Å². The molecule has 0 amide bonds. The standard InChI is InChI=1S/C27H39N3O4Si/c1-17-23(19-11-12-21-18(24(19)31)13-15-32-21)28-29-26-25(17)33-16-14-30(26)20-9-7-8-10-22(20)34-35(5,6)27(2,3)4/h11-12,20,22,31H,7-10,13-16H2,1-6H3/t20-,22-/m1/s1. The van der Waals surface area contributed by atoms with Crippen molar-refractivity contribution >= 4 is 14.1 Å². The lowest BCUT2D eigenvalue weighted by molar-refractivity contribution is 0.108. The number of phenolic OH excluding ortho intramolecular Hbond substituents is 1. The highest BCUT2D eigenvalue weighted by atomic mass is 28.4. The fraction of sp³-hybridized carbons (Fsp3) is 0.630. The summed E-state index contributed by atoms with van der Waals surface area (Å²) in [6, 6.07) is 4.05. The average molecular weight is 498 g/mol. The number of ether oxygens (including phenoxy) is 2. The van der Waals surface area contributed by atoms with Crippen molar-refractivity contribution < 1.29 is 19.0 Å². The van der Waals surface area contributed by atoms with Crippen molar-refractivity contribution in [1.29, 1.82) is 0 Å². The second kappa shape index (κ2) is 8.96. The van der Waals surface area contributed by atoms with Crippen LogP contribution in [0.15, 0.2) is 12.1 Å². The number of hydrogen-bond donors (Lipinski definition) is 1. The zero-order chi connectivity index (χ0) is 25.0. The van der Waals surface area contributed by atoms with Crippen molar-refractivity contribution in [3.05, 3.63) is 23.3 Å². The van der Waals surface area contributed by atoms with Crippen molar-refractivity contribution in [3.63, 3.8) is 0 Å². The summed E-state index contributed by atoms with van der Waals surface area (Å²) in [6.07, 6.45) is 5.47. The van der Waals surface area contributed by atoms with Gasteiger partial charge in [0.15, 0.2) is 19.9 Å². The van der Waals surface area contributed by atoms with Gasteiger partial charge in [0.25, 0.3) is 0 Å². The maximum absolute atomic E-state index is 10.9.